The summed E-state index contributed by atoms with van der Waals surface area (Å²) in [6.07, 6.45) is 1.69. The number of fused-ring (bicyclic) bond motifs is 3. The lowest BCUT2D eigenvalue weighted by molar-refractivity contribution is 0.143. The minimum Gasteiger partial charge on any atom is -0.449 e. The fraction of sp³-hybridized carbons (Fsp3) is 0.217. The van der Waals surface area contributed by atoms with Gasteiger partial charge in [-0.25, -0.2) is 4.79 Å². The van der Waals surface area contributed by atoms with E-state index in [-0.39, 0.29) is 5.92 Å². The number of nitrogen functional groups attached to an aromatic ring is 1. The zero-order valence-corrected chi connectivity index (χ0v) is 16.2. The van der Waals surface area contributed by atoms with Gasteiger partial charge in [0.25, 0.3) is 0 Å². The molecule has 0 radical (unpaired) electrons. The Labute approximate surface area is 169 Å². The number of hydrogen-bond acceptors (Lipinski definition) is 4. The number of hydrogen-bond donors (Lipinski definition) is 2. The van der Waals surface area contributed by atoms with Crippen LogP contribution >= 0.6 is 0 Å². The number of nitrogens with one attached hydrogen (secondary N) is 1. The molecule has 6 nitrogen and oxygen atoms in total. The third-order valence-corrected chi connectivity index (χ3v) is 5.07. The summed E-state index contributed by atoms with van der Waals surface area (Å²) in [5.74, 6) is 6.52. The molecule has 0 atom stereocenters. The molecule has 0 saturated carbocycles. The first-order valence-electron chi connectivity index (χ1n) is 9.50. The highest BCUT2D eigenvalue weighted by Crippen LogP contribution is 2.44. The molecule has 2 aromatic carbocycles. The monoisotopic (exact) mass is 386 g/mol. The van der Waals surface area contributed by atoms with Gasteiger partial charge >= 0.3 is 6.09 Å². The highest BCUT2D eigenvalue weighted by molar-refractivity contribution is 5.79. The van der Waals surface area contributed by atoms with Crippen molar-refractivity contribution in [3.8, 4) is 23.0 Å². The van der Waals surface area contributed by atoms with Crippen LogP contribution < -0.4 is 11.1 Å². The lowest BCUT2D eigenvalue weighted by atomic mass is 9.98. The minimum atomic E-state index is -0.436. The summed E-state index contributed by atoms with van der Waals surface area (Å²) in [4.78, 5) is 12.1. The number of amides is 1. The number of nitrogens with two attached hydrogens (primary N) is 1. The molecule has 1 aliphatic carbocycles. The third-order valence-electron chi connectivity index (χ3n) is 5.07. The molecule has 1 heterocycles. The second-order valence-electron chi connectivity index (χ2n) is 6.87. The average molecular weight is 386 g/mol. The predicted molar refractivity (Wildman–Crippen MR) is 112 cm³/mol. The van der Waals surface area contributed by atoms with Crippen LogP contribution in [0.3, 0.4) is 0 Å². The molecule has 146 valence electrons. The fourth-order valence-corrected chi connectivity index (χ4v) is 3.58. The van der Waals surface area contributed by atoms with E-state index in [4.69, 9.17) is 10.5 Å². The topological polar surface area (TPSA) is 82.2 Å². The Kier molecular flexibility index (Phi) is 5.21. The summed E-state index contributed by atoms with van der Waals surface area (Å²) in [6.45, 7) is 0.710. The van der Waals surface area contributed by atoms with Gasteiger partial charge in [-0.2, -0.15) is 5.10 Å². The standard InChI is InChI=1S/C23H22N4O2/c1-27-22(24)16(14-26-27)8-6-7-13-25-23(28)29-15-21-19-11-4-2-9-17(19)18-10-3-5-12-20(18)21/h2-5,9-12,14,21H,7,13,15,24H2,1H3,(H,25,28). The van der Waals surface area contributed by atoms with Crippen LogP contribution in [-0.2, 0) is 11.8 Å². The molecule has 0 unspecified atom stereocenters. The molecule has 0 fully saturated rings. The van der Waals surface area contributed by atoms with E-state index in [1.54, 1.807) is 17.9 Å². The molecule has 1 aromatic heterocycles. The van der Waals surface area contributed by atoms with Crippen LogP contribution in [0.15, 0.2) is 54.7 Å². The second-order valence-corrected chi connectivity index (χ2v) is 6.87. The van der Waals surface area contributed by atoms with Gasteiger partial charge in [0.2, 0.25) is 0 Å². The molecule has 1 amide bonds. The van der Waals surface area contributed by atoms with Crippen LogP contribution in [0.5, 0.6) is 0 Å². The number of benzene rings is 2. The molecule has 4 rings (SSSR count). The maximum atomic E-state index is 12.1. The lowest BCUT2D eigenvalue weighted by Gasteiger charge is -2.14. The minimum absolute atomic E-state index is 0.0569. The molecule has 0 spiro atoms. The Balaban J connectivity index is 1.30. The van der Waals surface area contributed by atoms with Gasteiger partial charge in [0.1, 0.15) is 12.4 Å². The lowest BCUT2D eigenvalue weighted by Crippen LogP contribution is -2.26. The Hall–Kier alpha value is -3.72. The van der Waals surface area contributed by atoms with E-state index in [1.165, 1.54) is 22.3 Å². The number of aromatic nitrogens is 2. The first kappa shape index (κ1) is 18.6. The van der Waals surface area contributed by atoms with Crippen molar-refractivity contribution in [1.82, 2.24) is 15.1 Å². The van der Waals surface area contributed by atoms with Crippen LogP contribution in [0.1, 0.15) is 29.0 Å². The van der Waals surface area contributed by atoms with Crippen LogP contribution in [0.2, 0.25) is 0 Å². The zero-order valence-electron chi connectivity index (χ0n) is 16.2. The van der Waals surface area contributed by atoms with E-state index < -0.39 is 6.09 Å². The Bertz CT molecular complexity index is 1060. The highest BCUT2D eigenvalue weighted by atomic mass is 16.5. The molecule has 0 bridgehead atoms. The van der Waals surface area contributed by atoms with E-state index in [0.29, 0.717) is 31.0 Å². The number of ether oxygens (including phenoxy) is 1. The molecule has 6 heteroatoms. The molecule has 0 aliphatic heterocycles. The van der Waals surface area contributed by atoms with Crippen molar-refractivity contribution in [2.45, 2.75) is 12.3 Å². The zero-order chi connectivity index (χ0) is 20.2. The van der Waals surface area contributed by atoms with Crippen LogP contribution in [-0.4, -0.2) is 29.0 Å². The van der Waals surface area contributed by atoms with Crippen molar-refractivity contribution in [1.29, 1.82) is 0 Å². The van der Waals surface area contributed by atoms with Gasteiger partial charge in [0, 0.05) is 25.9 Å². The number of aryl methyl sites for hydroxylation is 1. The van der Waals surface area contributed by atoms with Crippen molar-refractivity contribution in [3.63, 3.8) is 0 Å². The van der Waals surface area contributed by atoms with Crippen molar-refractivity contribution >= 4 is 11.9 Å². The maximum absolute atomic E-state index is 12.1. The number of rotatable bonds is 4. The number of carbonyl (C=O) groups is 1. The smallest absolute Gasteiger partial charge is 0.407 e. The molecule has 0 saturated heterocycles. The SMILES string of the molecule is Cn1ncc(C#CCCNC(=O)OCC2c3ccccc3-c3ccccc32)c1N. The molecular formula is C23H22N4O2. The van der Waals surface area contributed by atoms with Gasteiger partial charge in [0.05, 0.1) is 11.8 Å². The van der Waals surface area contributed by atoms with Crippen LogP contribution in [0.4, 0.5) is 10.6 Å². The van der Waals surface area contributed by atoms with Crippen molar-refractivity contribution in [3.05, 3.63) is 71.4 Å². The van der Waals surface area contributed by atoms with Gasteiger partial charge in [-0.15, -0.1) is 0 Å². The van der Waals surface area contributed by atoms with Crippen molar-refractivity contribution in [2.75, 3.05) is 18.9 Å². The maximum Gasteiger partial charge on any atom is 0.407 e. The Morgan fingerprint density at radius 3 is 2.45 bits per heavy atom. The Morgan fingerprint density at radius 1 is 1.17 bits per heavy atom. The van der Waals surface area contributed by atoms with Gasteiger partial charge in [-0.1, -0.05) is 60.4 Å². The van der Waals surface area contributed by atoms with E-state index in [9.17, 15) is 4.79 Å². The van der Waals surface area contributed by atoms with E-state index in [1.807, 2.05) is 24.3 Å². The molecule has 3 N–H and O–H groups in total. The second kappa shape index (κ2) is 8.11. The van der Waals surface area contributed by atoms with Gasteiger partial charge in [-0.3, -0.25) is 4.68 Å². The quantitative estimate of drug-likeness (QED) is 0.533. The summed E-state index contributed by atoms with van der Waals surface area (Å²) in [5.41, 5.74) is 11.3. The Morgan fingerprint density at radius 2 is 1.83 bits per heavy atom. The highest BCUT2D eigenvalue weighted by Gasteiger charge is 2.28. The van der Waals surface area contributed by atoms with Crippen LogP contribution in [0, 0.1) is 11.8 Å². The summed E-state index contributed by atoms with van der Waals surface area (Å²) >= 11 is 0. The number of carbonyl (C=O) groups excluding carboxylic acids is 1. The normalized spacial score (nSPS) is 11.9. The largest absolute Gasteiger partial charge is 0.449 e. The summed E-state index contributed by atoms with van der Waals surface area (Å²) in [7, 11) is 1.76. The number of alkyl carbamates (subject to hydrolysis) is 1. The van der Waals surface area contributed by atoms with E-state index in [2.05, 4.69) is 46.5 Å². The van der Waals surface area contributed by atoms with Crippen molar-refractivity contribution < 1.29 is 9.53 Å². The van der Waals surface area contributed by atoms with Gasteiger partial charge in [-0.05, 0) is 22.3 Å². The van der Waals surface area contributed by atoms with Crippen molar-refractivity contribution in [2.24, 2.45) is 7.05 Å². The first-order chi connectivity index (χ1) is 14.1. The summed E-state index contributed by atoms with van der Waals surface area (Å²) in [6, 6.07) is 16.5. The van der Waals surface area contributed by atoms with E-state index >= 15 is 0 Å². The number of anilines is 1. The summed E-state index contributed by atoms with van der Waals surface area (Å²) in [5, 5.41) is 6.78. The van der Waals surface area contributed by atoms with Gasteiger partial charge < -0.3 is 15.8 Å². The molecule has 3 aromatic rings. The van der Waals surface area contributed by atoms with Gasteiger partial charge in [0.15, 0.2) is 0 Å². The van der Waals surface area contributed by atoms with Crippen LogP contribution in [0.25, 0.3) is 11.1 Å². The molecule has 1 aliphatic rings. The van der Waals surface area contributed by atoms with E-state index in [0.717, 1.165) is 0 Å². The fourth-order valence-electron chi connectivity index (χ4n) is 3.58. The first-order valence-corrected chi connectivity index (χ1v) is 9.50. The predicted octanol–water partition coefficient (Wildman–Crippen LogP) is 3.28. The number of nitrogens with zero attached hydrogens (tertiary/aromatic N) is 2. The molecular weight excluding hydrogens is 364 g/mol. The average Bonchev–Trinajstić information content (AvgIpc) is 3.24. The third kappa shape index (κ3) is 3.81. The summed E-state index contributed by atoms with van der Waals surface area (Å²) < 4.78 is 7.06. The molecule has 29 heavy (non-hydrogen) atoms.